The molecular weight excluding hydrogens is 384 g/mol. The second-order valence-corrected chi connectivity index (χ2v) is 9.32. The van der Waals surface area contributed by atoms with E-state index < -0.39 is 0 Å². The molecule has 0 spiro atoms. The Hall–Kier alpha value is -1.18. The molecule has 0 unspecified atom stereocenters. The molecule has 1 amide bonds. The molecule has 1 aromatic carbocycles. The second kappa shape index (κ2) is 7.44. The van der Waals surface area contributed by atoms with Crippen LogP contribution in [0.15, 0.2) is 33.0 Å². The Bertz CT molecular complexity index is 787. The van der Waals surface area contributed by atoms with Crippen molar-refractivity contribution < 1.29 is 9.53 Å². The Morgan fingerprint density at radius 1 is 1.23 bits per heavy atom. The van der Waals surface area contributed by atoms with E-state index in [2.05, 4.69) is 17.0 Å². The summed E-state index contributed by atoms with van der Waals surface area (Å²) in [4.78, 5) is 19.0. The molecule has 0 aromatic heterocycles. The summed E-state index contributed by atoms with van der Waals surface area (Å²) in [5.74, 6) is 0.901. The number of thiocarbonyl (C=S) groups is 1. The summed E-state index contributed by atoms with van der Waals surface area (Å²) in [5, 5.41) is 1.05. The molecule has 1 saturated carbocycles. The molecule has 0 atom stereocenters. The van der Waals surface area contributed by atoms with Crippen LogP contribution in [0.3, 0.4) is 0 Å². The first-order valence-electron chi connectivity index (χ1n) is 9.07. The first-order valence-corrected chi connectivity index (χ1v) is 11.1. The van der Waals surface area contributed by atoms with E-state index in [0.717, 1.165) is 34.2 Å². The van der Waals surface area contributed by atoms with Gasteiger partial charge in [0.2, 0.25) is 0 Å². The lowest BCUT2D eigenvalue weighted by Gasteiger charge is -2.34. The number of hydrogen-bond acceptors (Lipinski definition) is 6. The molecular formula is C19H22N2O2S3. The van der Waals surface area contributed by atoms with Crippen LogP contribution in [0, 0.1) is 0 Å². The van der Waals surface area contributed by atoms with Crippen molar-refractivity contribution in [3.63, 3.8) is 0 Å². The average Bonchev–Trinajstić information content (AvgIpc) is 3.18. The van der Waals surface area contributed by atoms with Crippen LogP contribution in [0.5, 0.6) is 5.75 Å². The van der Waals surface area contributed by atoms with Gasteiger partial charge >= 0.3 is 0 Å². The standard InChI is InChI=1S/C19H22N2O2S3/c1-3-20-17(22)16(26-19(20)24)18-21(12-7-5-4-6-8-12)14-11-13(23-2)9-10-15(14)25-18/h9-12H,3-8H2,1-2H3/b18-16-. The number of rotatable bonds is 3. The molecule has 0 N–H and O–H groups in total. The van der Waals surface area contributed by atoms with Crippen molar-refractivity contribution in [1.82, 2.24) is 4.90 Å². The molecule has 26 heavy (non-hydrogen) atoms. The van der Waals surface area contributed by atoms with E-state index in [-0.39, 0.29) is 5.91 Å². The lowest BCUT2D eigenvalue weighted by Crippen LogP contribution is -2.35. The van der Waals surface area contributed by atoms with E-state index in [0.29, 0.717) is 16.9 Å². The van der Waals surface area contributed by atoms with Crippen molar-refractivity contribution in [3.8, 4) is 5.75 Å². The molecule has 2 fully saturated rings. The number of methoxy groups -OCH3 is 1. The van der Waals surface area contributed by atoms with Gasteiger partial charge < -0.3 is 9.64 Å². The predicted octanol–water partition coefficient (Wildman–Crippen LogP) is 4.99. The van der Waals surface area contributed by atoms with E-state index >= 15 is 0 Å². The average molecular weight is 407 g/mol. The number of benzene rings is 1. The molecule has 4 rings (SSSR count). The Balaban J connectivity index is 1.80. The maximum absolute atomic E-state index is 12.9. The maximum Gasteiger partial charge on any atom is 0.268 e. The second-order valence-electron chi connectivity index (χ2n) is 6.65. The summed E-state index contributed by atoms with van der Waals surface area (Å²) in [7, 11) is 1.70. The molecule has 4 nitrogen and oxygen atoms in total. The minimum atomic E-state index is 0.0468. The lowest BCUT2D eigenvalue weighted by atomic mass is 9.94. The molecule has 0 bridgehead atoms. The Kier molecular flexibility index (Phi) is 5.21. The van der Waals surface area contributed by atoms with Gasteiger partial charge in [-0.2, -0.15) is 0 Å². The highest BCUT2D eigenvalue weighted by Crippen LogP contribution is 2.53. The third-order valence-electron chi connectivity index (χ3n) is 5.15. The van der Waals surface area contributed by atoms with Gasteiger partial charge in [0.05, 0.1) is 12.8 Å². The lowest BCUT2D eigenvalue weighted by molar-refractivity contribution is -0.122. The summed E-state index contributed by atoms with van der Waals surface area (Å²) in [6, 6.07) is 6.63. The fourth-order valence-electron chi connectivity index (χ4n) is 3.82. The topological polar surface area (TPSA) is 32.8 Å². The molecule has 2 heterocycles. The molecule has 2 aliphatic heterocycles. The van der Waals surface area contributed by atoms with Crippen molar-refractivity contribution in [2.45, 2.75) is 50.0 Å². The zero-order chi connectivity index (χ0) is 18.3. The number of fused-ring (bicyclic) bond motifs is 1. The number of likely N-dealkylation sites (N-methyl/N-ethyl adjacent to an activating group) is 1. The number of nitrogens with zero attached hydrogens (tertiary/aromatic N) is 2. The SMILES string of the molecule is CCN1C(=O)/C(=C2/Sc3ccc(OC)cc3N2C2CCCCC2)SC1=S. The molecule has 1 aromatic rings. The highest BCUT2D eigenvalue weighted by atomic mass is 32.2. The Morgan fingerprint density at radius 3 is 2.65 bits per heavy atom. The fraction of sp³-hybridized carbons (Fsp3) is 0.474. The molecule has 1 aliphatic carbocycles. The summed E-state index contributed by atoms with van der Waals surface area (Å²) in [6.07, 6.45) is 6.11. The Morgan fingerprint density at radius 2 is 2.00 bits per heavy atom. The van der Waals surface area contributed by atoms with Gasteiger partial charge in [-0.3, -0.25) is 9.69 Å². The third kappa shape index (κ3) is 3.04. The van der Waals surface area contributed by atoms with E-state index in [4.69, 9.17) is 17.0 Å². The summed E-state index contributed by atoms with van der Waals surface area (Å²) < 4.78 is 6.12. The van der Waals surface area contributed by atoms with Crippen LogP contribution in [0.2, 0.25) is 0 Å². The van der Waals surface area contributed by atoms with Crippen molar-refractivity contribution in [2.75, 3.05) is 18.6 Å². The summed E-state index contributed by atoms with van der Waals surface area (Å²) in [5.41, 5.74) is 1.16. The van der Waals surface area contributed by atoms with E-state index in [1.807, 2.05) is 13.0 Å². The monoisotopic (exact) mass is 406 g/mol. The maximum atomic E-state index is 12.9. The molecule has 0 radical (unpaired) electrons. The van der Waals surface area contributed by atoms with Crippen LogP contribution in [0.25, 0.3) is 0 Å². The molecule has 138 valence electrons. The van der Waals surface area contributed by atoms with Crippen LogP contribution in [0.4, 0.5) is 5.69 Å². The molecule has 1 saturated heterocycles. The largest absolute Gasteiger partial charge is 0.497 e. The number of thioether (sulfide) groups is 2. The number of hydrogen-bond donors (Lipinski definition) is 0. The number of carbonyl (C=O) groups excluding carboxylic acids is 1. The number of amides is 1. The van der Waals surface area contributed by atoms with Gasteiger partial charge in [-0.15, -0.1) is 0 Å². The highest BCUT2D eigenvalue weighted by molar-refractivity contribution is 8.27. The van der Waals surface area contributed by atoms with Gasteiger partial charge in [-0.05, 0) is 31.9 Å². The predicted molar refractivity (Wildman–Crippen MR) is 113 cm³/mol. The van der Waals surface area contributed by atoms with E-state index in [1.54, 1.807) is 23.8 Å². The van der Waals surface area contributed by atoms with Gasteiger partial charge in [0, 0.05) is 23.5 Å². The van der Waals surface area contributed by atoms with Crippen LogP contribution in [-0.2, 0) is 4.79 Å². The minimum Gasteiger partial charge on any atom is -0.497 e. The Labute approximate surface area is 168 Å². The smallest absolute Gasteiger partial charge is 0.268 e. The van der Waals surface area contributed by atoms with Crippen molar-refractivity contribution in [2.24, 2.45) is 0 Å². The molecule has 7 heteroatoms. The van der Waals surface area contributed by atoms with Crippen LogP contribution in [-0.4, -0.2) is 34.8 Å². The van der Waals surface area contributed by atoms with Gasteiger partial charge in [-0.25, -0.2) is 0 Å². The summed E-state index contributed by atoms with van der Waals surface area (Å²) in [6.45, 7) is 2.59. The van der Waals surface area contributed by atoms with Gasteiger partial charge in [0.15, 0.2) is 0 Å². The van der Waals surface area contributed by atoms with E-state index in [9.17, 15) is 4.79 Å². The minimum absolute atomic E-state index is 0.0468. The van der Waals surface area contributed by atoms with Crippen molar-refractivity contribution in [1.29, 1.82) is 0 Å². The normalized spacial score (nSPS) is 23.8. The first kappa shape index (κ1) is 18.2. The molecule has 3 aliphatic rings. The zero-order valence-electron chi connectivity index (χ0n) is 15.0. The van der Waals surface area contributed by atoms with Crippen molar-refractivity contribution >= 4 is 51.7 Å². The van der Waals surface area contributed by atoms with Crippen molar-refractivity contribution in [3.05, 3.63) is 28.1 Å². The van der Waals surface area contributed by atoms with Crippen LogP contribution < -0.4 is 9.64 Å². The number of ether oxygens (including phenoxy) is 1. The van der Waals surface area contributed by atoms with Gasteiger partial charge in [0.1, 0.15) is 20.0 Å². The van der Waals surface area contributed by atoms with E-state index in [1.165, 1.54) is 35.9 Å². The third-order valence-corrected chi connectivity index (χ3v) is 7.88. The fourth-order valence-corrected chi connectivity index (χ4v) is 6.54. The van der Waals surface area contributed by atoms with Crippen LogP contribution in [0.1, 0.15) is 39.0 Å². The summed E-state index contributed by atoms with van der Waals surface area (Å²) >= 11 is 8.58. The zero-order valence-corrected chi connectivity index (χ0v) is 17.4. The number of anilines is 1. The highest BCUT2D eigenvalue weighted by Gasteiger charge is 2.40. The number of carbonyl (C=O) groups is 1. The van der Waals surface area contributed by atoms with Crippen LogP contribution >= 0.6 is 35.7 Å². The quantitative estimate of drug-likeness (QED) is 0.519. The first-order chi connectivity index (χ1) is 12.6. The van der Waals surface area contributed by atoms with Gasteiger partial charge in [-0.1, -0.05) is 55.0 Å². The van der Waals surface area contributed by atoms with Gasteiger partial charge in [0.25, 0.3) is 5.91 Å².